The van der Waals surface area contributed by atoms with E-state index in [4.69, 9.17) is 4.74 Å². The first kappa shape index (κ1) is 8.50. The van der Waals surface area contributed by atoms with E-state index in [0.717, 1.165) is 4.47 Å². The van der Waals surface area contributed by atoms with E-state index in [-0.39, 0.29) is 0 Å². The Balaban J connectivity index is 2.07. The summed E-state index contributed by atoms with van der Waals surface area (Å²) in [6, 6.07) is 8.66. The maximum atomic E-state index is 5.73. The molecule has 0 spiro atoms. The van der Waals surface area contributed by atoms with Crippen LogP contribution in [0.25, 0.3) is 10.4 Å². The number of fused-ring (bicyclic) bond motifs is 6. The Morgan fingerprint density at radius 2 is 2.00 bits per heavy atom. The fourth-order valence-corrected chi connectivity index (χ4v) is 3.69. The largest absolute Gasteiger partial charge is 0.359 e. The van der Waals surface area contributed by atoms with Crippen molar-refractivity contribution in [3.8, 4) is 10.4 Å². The smallest absolute Gasteiger partial charge is 0.115 e. The van der Waals surface area contributed by atoms with Crippen molar-refractivity contribution in [3.63, 3.8) is 0 Å². The van der Waals surface area contributed by atoms with Gasteiger partial charge in [-0.25, -0.2) is 0 Å². The van der Waals surface area contributed by atoms with Gasteiger partial charge in [-0.1, -0.05) is 22.0 Å². The van der Waals surface area contributed by atoms with E-state index < -0.39 is 0 Å². The molecule has 0 saturated carbocycles. The number of hydrogen-bond donors (Lipinski definition) is 0. The fraction of sp³-hybridized carbons (Fsp3) is 0.167. The Morgan fingerprint density at radius 1 is 1.13 bits per heavy atom. The predicted octanol–water partition coefficient (Wildman–Crippen LogP) is 4.30. The molecular formula is C12H7BrOS. The maximum Gasteiger partial charge on any atom is 0.115 e. The average molecular weight is 279 g/mol. The van der Waals surface area contributed by atoms with Crippen molar-refractivity contribution in [2.75, 3.05) is 0 Å². The lowest BCUT2D eigenvalue weighted by molar-refractivity contribution is 0.380. The molecule has 3 heteroatoms. The highest BCUT2D eigenvalue weighted by Gasteiger charge is 2.47. The zero-order chi connectivity index (χ0) is 9.99. The molecule has 1 fully saturated rings. The molecule has 0 radical (unpaired) electrons. The number of rotatable bonds is 0. The number of halogens is 1. The van der Waals surface area contributed by atoms with Crippen molar-refractivity contribution in [2.24, 2.45) is 0 Å². The molecule has 1 aliphatic carbocycles. The van der Waals surface area contributed by atoms with Crippen molar-refractivity contribution in [2.45, 2.75) is 12.2 Å². The molecule has 2 unspecified atom stereocenters. The first-order chi connectivity index (χ1) is 7.34. The van der Waals surface area contributed by atoms with Crippen LogP contribution in [0.2, 0.25) is 0 Å². The summed E-state index contributed by atoms with van der Waals surface area (Å²) in [7, 11) is 0. The molecule has 0 N–H and O–H groups in total. The predicted molar refractivity (Wildman–Crippen MR) is 64.0 cm³/mol. The number of ether oxygens (including phenoxy) is 1. The van der Waals surface area contributed by atoms with Gasteiger partial charge in [0, 0.05) is 14.9 Å². The van der Waals surface area contributed by atoms with Crippen LogP contribution in [0.1, 0.15) is 23.3 Å². The number of epoxide rings is 1. The molecule has 1 aromatic heterocycles. The van der Waals surface area contributed by atoms with Gasteiger partial charge in [0.1, 0.15) is 12.2 Å². The Bertz CT molecular complexity index is 560. The minimum Gasteiger partial charge on any atom is -0.359 e. The number of benzene rings is 1. The van der Waals surface area contributed by atoms with E-state index >= 15 is 0 Å². The third kappa shape index (κ3) is 1.06. The standard InChI is InChI=1S/C12H7BrOS/c13-6-1-2-7-9(5-6)11-10(14-11)8-3-4-15-12(7)8/h1-5,10-11H. The van der Waals surface area contributed by atoms with Crippen LogP contribution >= 0.6 is 27.3 Å². The maximum absolute atomic E-state index is 5.73. The van der Waals surface area contributed by atoms with Gasteiger partial charge >= 0.3 is 0 Å². The van der Waals surface area contributed by atoms with Crippen LogP contribution in [-0.4, -0.2) is 0 Å². The third-order valence-electron chi connectivity index (χ3n) is 3.06. The second kappa shape index (κ2) is 2.73. The van der Waals surface area contributed by atoms with Crippen molar-refractivity contribution < 1.29 is 4.74 Å². The van der Waals surface area contributed by atoms with Gasteiger partial charge < -0.3 is 4.74 Å². The molecule has 1 saturated heterocycles. The summed E-state index contributed by atoms with van der Waals surface area (Å²) in [5.41, 5.74) is 4.06. The quantitative estimate of drug-likeness (QED) is 0.655. The van der Waals surface area contributed by atoms with Crippen LogP contribution in [0.5, 0.6) is 0 Å². The zero-order valence-electron chi connectivity index (χ0n) is 7.74. The summed E-state index contributed by atoms with van der Waals surface area (Å²) in [4.78, 5) is 1.39. The highest BCUT2D eigenvalue weighted by atomic mass is 79.9. The summed E-state index contributed by atoms with van der Waals surface area (Å²) in [6.07, 6.45) is 0.632. The number of hydrogen-bond acceptors (Lipinski definition) is 2. The Hall–Kier alpha value is -0.640. The van der Waals surface area contributed by atoms with Crippen molar-refractivity contribution in [1.29, 1.82) is 0 Å². The van der Waals surface area contributed by atoms with E-state index in [2.05, 4.69) is 45.6 Å². The molecule has 1 nitrogen and oxygen atoms in total. The minimum absolute atomic E-state index is 0.305. The highest BCUT2D eigenvalue weighted by molar-refractivity contribution is 9.10. The summed E-state index contributed by atoms with van der Waals surface area (Å²) < 4.78 is 6.86. The highest BCUT2D eigenvalue weighted by Crippen LogP contribution is 2.60. The summed E-state index contributed by atoms with van der Waals surface area (Å²) >= 11 is 5.32. The molecule has 4 rings (SSSR count). The van der Waals surface area contributed by atoms with Crippen molar-refractivity contribution >= 4 is 27.3 Å². The van der Waals surface area contributed by atoms with Crippen LogP contribution in [0, 0.1) is 0 Å². The van der Waals surface area contributed by atoms with E-state index in [1.54, 1.807) is 0 Å². The first-order valence-electron chi connectivity index (χ1n) is 4.87. The van der Waals surface area contributed by atoms with Gasteiger partial charge in [-0.2, -0.15) is 0 Å². The van der Waals surface area contributed by atoms with Gasteiger partial charge in [0.15, 0.2) is 0 Å². The van der Waals surface area contributed by atoms with E-state index in [1.807, 2.05) is 11.3 Å². The van der Waals surface area contributed by atoms with Crippen molar-refractivity contribution in [3.05, 3.63) is 45.2 Å². The van der Waals surface area contributed by atoms with Crippen LogP contribution < -0.4 is 0 Å². The molecule has 2 heterocycles. The number of thiophene rings is 1. The zero-order valence-corrected chi connectivity index (χ0v) is 10.1. The Morgan fingerprint density at radius 3 is 2.93 bits per heavy atom. The average Bonchev–Trinajstić information content (AvgIpc) is 2.89. The van der Waals surface area contributed by atoms with Gasteiger partial charge in [0.05, 0.1) is 0 Å². The fourth-order valence-electron chi connectivity index (χ4n) is 2.32. The third-order valence-corrected chi connectivity index (χ3v) is 4.52. The van der Waals surface area contributed by atoms with Gasteiger partial charge in [0.2, 0.25) is 0 Å². The monoisotopic (exact) mass is 278 g/mol. The van der Waals surface area contributed by atoms with Crippen LogP contribution in [0.3, 0.4) is 0 Å². The molecule has 74 valence electrons. The summed E-state index contributed by atoms with van der Waals surface area (Å²) in [6.45, 7) is 0. The molecule has 15 heavy (non-hydrogen) atoms. The molecular weight excluding hydrogens is 272 g/mol. The van der Waals surface area contributed by atoms with Crippen LogP contribution in [0.15, 0.2) is 34.1 Å². The topological polar surface area (TPSA) is 12.5 Å². The van der Waals surface area contributed by atoms with Gasteiger partial charge in [0.25, 0.3) is 0 Å². The van der Waals surface area contributed by atoms with Crippen LogP contribution in [-0.2, 0) is 4.74 Å². The summed E-state index contributed by atoms with van der Waals surface area (Å²) in [5, 5.41) is 2.15. The Labute approximate surface area is 99.8 Å². The second-order valence-corrected chi connectivity index (χ2v) is 5.75. The lowest BCUT2D eigenvalue weighted by Crippen LogP contribution is -1.95. The van der Waals surface area contributed by atoms with E-state index in [9.17, 15) is 0 Å². The first-order valence-corrected chi connectivity index (χ1v) is 6.54. The minimum atomic E-state index is 0.305. The normalized spacial score (nSPS) is 25.4. The van der Waals surface area contributed by atoms with Crippen LogP contribution in [0.4, 0.5) is 0 Å². The van der Waals surface area contributed by atoms with Crippen molar-refractivity contribution in [1.82, 2.24) is 0 Å². The van der Waals surface area contributed by atoms with Gasteiger partial charge in [-0.15, -0.1) is 11.3 Å². The van der Waals surface area contributed by atoms with E-state index in [1.165, 1.54) is 21.6 Å². The SMILES string of the molecule is Brc1ccc2c(c1)C1OC1c1ccsc1-2. The lowest BCUT2D eigenvalue weighted by atomic mass is 9.92. The Kier molecular flexibility index (Phi) is 1.55. The summed E-state index contributed by atoms with van der Waals surface area (Å²) in [5.74, 6) is 0. The molecule has 0 amide bonds. The molecule has 0 bridgehead atoms. The molecule has 2 atom stereocenters. The van der Waals surface area contributed by atoms with E-state index in [0.29, 0.717) is 12.2 Å². The van der Waals surface area contributed by atoms with Gasteiger partial charge in [-0.05, 0) is 34.7 Å². The molecule has 1 aliphatic heterocycles. The van der Waals surface area contributed by atoms with Gasteiger partial charge in [-0.3, -0.25) is 0 Å². The lowest BCUT2D eigenvalue weighted by Gasteiger charge is -2.12. The molecule has 1 aromatic carbocycles. The molecule has 2 aromatic rings. The molecule has 2 aliphatic rings. The second-order valence-electron chi connectivity index (χ2n) is 3.91.